The lowest BCUT2D eigenvalue weighted by Gasteiger charge is -2.34. The van der Waals surface area contributed by atoms with E-state index in [4.69, 9.17) is 34.8 Å². The van der Waals surface area contributed by atoms with Crippen molar-refractivity contribution >= 4 is 62.3 Å². The molecular formula is C33H32Cl3N3O4S. The number of carbonyl (C=O) groups excluding carboxylic acids is 2. The molecule has 0 bridgehead atoms. The molecule has 4 rings (SSSR count). The summed E-state index contributed by atoms with van der Waals surface area (Å²) in [6.45, 7) is 3.26. The minimum absolute atomic E-state index is 0.00678. The molecule has 0 aromatic heterocycles. The number of sulfonamides is 1. The van der Waals surface area contributed by atoms with E-state index in [0.717, 1.165) is 15.4 Å². The number of nitrogens with zero attached hydrogens (tertiary/aromatic N) is 2. The Morgan fingerprint density at radius 1 is 0.841 bits per heavy atom. The number of benzene rings is 4. The van der Waals surface area contributed by atoms with Crippen LogP contribution >= 0.6 is 34.8 Å². The highest BCUT2D eigenvalue weighted by atomic mass is 35.5. The van der Waals surface area contributed by atoms with E-state index in [1.807, 2.05) is 37.3 Å². The number of halogens is 3. The van der Waals surface area contributed by atoms with Gasteiger partial charge >= 0.3 is 0 Å². The predicted molar refractivity (Wildman–Crippen MR) is 177 cm³/mol. The molecular weight excluding hydrogens is 641 g/mol. The average Bonchev–Trinajstić information content (AvgIpc) is 3.00. The Morgan fingerprint density at radius 2 is 1.50 bits per heavy atom. The van der Waals surface area contributed by atoms with Crippen LogP contribution in [0.5, 0.6) is 0 Å². The number of nitrogens with one attached hydrogen (secondary N) is 1. The molecule has 4 aromatic rings. The molecule has 2 amide bonds. The van der Waals surface area contributed by atoms with Crippen molar-refractivity contribution in [2.75, 3.05) is 17.4 Å². The fraction of sp³-hybridized carbons (Fsp3) is 0.212. The van der Waals surface area contributed by atoms with Crippen LogP contribution in [0.3, 0.4) is 0 Å². The van der Waals surface area contributed by atoms with Crippen molar-refractivity contribution in [1.82, 2.24) is 10.2 Å². The van der Waals surface area contributed by atoms with Gasteiger partial charge in [0.15, 0.2) is 0 Å². The van der Waals surface area contributed by atoms with Crippen LogP contribution in [0.1, 0.15) is 23.6 Å². The van der Waals surface area contributed by atoms with Gasteiger partial charge < -0.3 is 10.2 Å². The van der Waals surface area contributed by atoms with Gasteiger partial charge in [0.2, 0.25) is 11.8 Å². The summed E-state index contributed by atoms with van der Waals surface area (Å²) in [5, 5.41) is 3.69. The van der Waals surface area contributed by atoms with E-state index >= 15 is 0 Å². The van der Waals surface area contributed by atoms with Gasteiger partial charge in [0.05, 0.1) is 15.6 Å². The third-order valence-corrected chi connectivity index (χ3v) is 9.67. The number of likely N-dealkylation sites (N-methyl/N-ethyl adjacent to an activating group) is 1. The summed E-state index contributed by atoms with van der Waals surface area (Å²) >= 11 is 19.2. The molecule has 0 spiro atoms. The van der Waals surface area contributed by atoms with Crippen molar-refractivity contribution in [3.05, 3.63) is 129 Å². The van der Waals surface area contributed by atoms with Crippen LogP contribution in [0.15, 0.2) is 102 Å². The maximum absolute atomic E-state index is 14.4. The van der Waals surface area contributed by atoms with Gasteiger partial charge in [0, 0.05) is 29.6 Å². The Morgan fingerprint density at radius 3 is 2.14 bits per heavy atom. The molecule has 0 aliphatic rings. The van der Waals surface area contributed by atoms with E-state index < -0.39 is 28.5 Å². The topological polar surface area (TPSA) is 86.8 Å². The van der Waals surface area contributed by atoms with Gasteiger partial charge in [-0.3, -0.25) is 13.9 Å². The number of hydrogen-bond donors (Lipinski definition) is 1. The molecule has 0 saturated carbocycles. The van der Waals surface area contributed by atoms with Crippen molar-refractivity contribution in [2.24, 2.45) is 0 Å². The molecule has 0 aliphatic heterocycles. The molecule has 4 aromatic carbocycles. The smallest absolute Gasteiger partial charge is 0.264 e. The fourth-order valence-electron chi connectivity index (χ4n) is 4.68. The van der Waals surface area contributed by atoms with Gasteiger partial charge in [-0.15, -0.1) is 0 Å². The maximum atomic E-state index is 14.4. The minimum atomic E-state index is -4.27. The quantitative estimate of drug-likeness (QED) is 0.177. The zero-order valence-electron chi connectivity index (χ0n) is 24.2. The fourth-order valence-corrected chi connectivity index (χ4v) is 6.87. The van der Waals surface area contributed by atoms with Crippen LogP contribution in [0.4, 0.5) is 5.69 Å². The number of para-hydroxylation sites is 1. The molecule has 1 N–H and O–H groups in total. The van der Waals surface area contributed by atoms with Gasteiger partial charge in [-0.25, -0.2) is 8.42 Å². The number of carbonyl (C=O) groups is 2. The Hall–Kier alpha value is -3.56. The second kappa shape index (κ2) is 14.9. The molecule has 1 atom stereocenters. The molecule has 230 valence electrons. The summed E-state index contributed by atoms with van der Waals surface area (Å²) in [4.78, 5) is 29.3. The molecule has 11 heteroatoms. The minimum Gasteiger partial charge on any atom is -0.355 e. The first kappa shape index (κ1) is 33.3. The summed E-state index contributed by atoms with van der Waals surface area (Å²) in [6, 6.07) is 25.9. The number of hydrogen-bond acceptors (Lipinski definition) is 4. The SMILES string of the molecule is CCNC(=O)[C@H](Cc1ccccc1)N(Cc1ccc(Cl)cc1Cl)C(=O)CN(c1ccccc1Cl)S(=O)(=O)c1ccc(C)cc1. The van der Waals surface area contributed by atoms with Crippen LogP contribution in [0, 0.1) is 6.92 Å². The Labute approximate surface area is 273 Å². The third-order valence-electron chi connectivity index (χ3n) is 6.99. The number of anilines is 1. The second-order valence-electron chi connectivity index (χ2n) is 10.1. The summed E-state index contributed by atoms with van der Waals surface area (Å²) in [5.41, 5.74) is 2.36. The van der Waals surface area contributed by atoms with Gasteiger partial charge in [0.1, 0.15) is 12.6 Å². The lowest BCUT2D eigenvalue weighted by atomic mass is 10.0. The summed E-state index contributed by atoms with van der Waals surface area (Å²) in [6.07, 6.45) is 0.181. The van der Waals surface area contributed by atoms with E-state index in [2.05, 4.69) is 5.32 Å². The van der Waals surface area contributed by atoms with Crippen LogP contribution in [-0.2, 0) is 32.6 Å². The first-order valence-corrected chi connectivity index (χ1v) is 16.5. The number of aryl methyl sites for hydroxylation is 1. The monoisotopic (exact) mass is 671 g/mol. The average molecular weight is 673 g/mol. The molecule has 0 saturated heterocycles. The van der Waals surface area contributed by atoms with E-state index in [9.17, 15) is 18.0 Å². The molecule has 44 heavy (non-hydrogen) atoms. The lowest BCUT2D eigenvalue weighted by molar-refractivity contribution is -0.140. The number of rotatable bonds is 12. The molecule has 0 fully saturated rings. The van der Waals surface area contributed by atoms with Crippen molar-refractivity contribution in [3.8, 4) is 0 Å². The highest BCUT2D eigenvalue weighted by molar-refractivity contribution is 7.92. The molecule has 0 unspecified atom stereocenters. The number of amides is 2. The van der Waals surface area contributed by atoms with Crippen LogP contribution < -0.4 is 9.62 Å². The highest BCUT2D eigenvalue weighted by Gasteiger charge is 2.35. The second-order valence-corrected chi connectivity index (χ2v) is 13.2. The normalized spacial score (nSPS) is 11.9. The highest BCUT2D eigenvalue weighted by Crippen LogP contribution is 2.31. The van der Waals surface area contributed by atoms with Crippen molar-refractivity contribution in [1.29, 1.82) is 0 Å². The predicted octanol–water partition coefficient (Wildman–Crippen LogP) is 6.93. The van der Waals surface area contributed by atoms with E-state index in [1.54, 1.807) is 55.5 Å². The summed E-state index contributed by atoms with van der Waals surface area (Å²) < 4.78 is 29.1. The zero-order chi connectivity index (χ0) is 31.9. The largest absolute Gasteiger partial charge is 0.355 e. The van der Waals surface area contributed by atoms with Crippen molar-refractivity contribution < 1.29 is 18.0 Å². The van der Waals surface area contributed by atoms with Crippen molar-refractivity contribution in [3.63, 3.8) is 0 Å². The standard InChI is InChI=1S/C33H32Cl3N3O4S/c1-3-37-33(41)31(19-24-9-5-4-6-10-24)38(21-25-15-16-26(34)20-29(25)36)32(40)22-39(30-12-8-7-11-28(30)35)44(42,43)27-17-13-23(2)14-18-27/h4-18,20,31H,3,19,21-22H2,1-2H3,(H,37,41)/t31-/m0/s1. The van der Waals surface area contributed by atoms with E-state index in [-0.39, 0.29) is 34.5 Å². The van der Waals surface area contributed by atoms with Crippen LogP contribution in [0.25, 0.3) is 0 Å². The Balaban J connectivity index is 1.82. The molecule has 0 radical (unpaired) electrons. The lowest BCUT2D eigenvalue weighted by Crippen LogP contribution is -2.53. The molecule has 7 nitrogen and oxygen atoms in total. The molecule has 0 heterocycles. The first-order valence-electron chi connectivity index (χ1n) is 13.9. The maximum Gasteiger partial charge on any atom is 0.264 e. The van der Waals surface area contributed by atoms with Crippen molar-refractivity contribution in [2.45, 2.75) is 37.8 Å². The van der Waals surface area contributed by atoms with Crippen LogP contribution in [0.2, 0.25) is 15.1 Å². The van der Waals surface area contributed by atoms with Gasteiger partial charge in [-0.05, 0) is 61.4 Å². The van der Waals surface area contributed by atoms with E-state index in [0.29, 0.717) is 22.2 Å². The van der Waals surface area contributed by atoms with Crippen LogP contribution in [-0.4, -0.2) is 44.3 Å². The third kappa shape index (κ3) is 8.12. The summed E-state index contributed by atoms with van der Waals surface area (Å²) in [5.74, 6) is -1.01. The zero-order valence-corrected chi connectivity index (χ0v) is 27.3. The van der Waals surface area contributed by atoms with Gasteiger partial charge in [-0.2, -0.15) is 0 Å². The van der Waals surface area contributed by atoms with E-state index in [1.165, 1.54) is 23.1 Å². The first-order chi connectivity index (χ1) is 21.0. The Bertz CT molecular complexity index is 1720. The summed E-state index contributed by atoms with van der Waals surface area (Å²) in [7, 11) is -4.27. The molecule has 0 aliphatic carbocycles. The van der Waals surface area contributed by atoms with Gasteiger partial charge in [0.25, 0.3) is 10.0 Å². The Kier molecular flexibility index (Phi) is 11.3. The van der Waals surface area contributed by atoms with Gasteiger partial charge in [-0.1, -0.05) is 101 Å².